The molecule has 0 aromatic carbocycles. The van der Waals surface area contributed by atoms with Gasteiger partial charge in [0.2, 0.25) is 11.8 Å². The normalized spacial score (nSPS) is 33.5. The van der Waals surface area contributed by atoms with E-state index < -0.39 is 0 Å². The van der Waals surface area contributed by atoms with Crippen molar-refractivity contribution >= 4 is 11.8 Å². The van der Waals surface area contributed by atoms with Gasteiger partial charge in [0.25, 0.3) is 0 Å². The fourth-order valence-corrected chi connectivity index (χ4v) is 2.07. The number of hydrogen-bond donors (Lipinski definition) is 1. The van der Waals surface area contributed by atoms with Crippen LogP contribution in [0.5, 0.6) is 0 Å². The minimum Gasteiger partial charge on any atom is -0.296 e. The molecule has 0 aromatic rings. The number of nitrogens with one attached hydrogen (secondary N) is 1. The van der Waals surface area contributed by atoms with Crippen LogP contribution in [0, 0.1) is 11.8 Å². The van der Waals surface area contributed by atoms with E-state index in [-0.39, 0.29) is 23.7 Å². The molecule has 2 atom stereocenters. The van der Waals surface area contributed by atoms with Crippen molar-refractivity contribution < 1.29 is 9.59 Å². The number of carbonyl (C=O) groups excluding carboxylic acids is 2. The highest BCUT2D eigenvalue weighted by atomic mass is 16.2. The van der Waals surface area contributed by atoms with E-state index in [4.69, 9.17) is 0 Å². The SMILES string of the molecule is O=C1CC2C=CCCC(C2)C(=O)N1. The maximum Gasteiger partial charge on any atom is 0.229 e. The van der Waals surface area contributed by atoms with Crippen LogP contribution < -0.4 is 5.32 Å². The number of amides is 2. The van der Waals surface area contributed by atoms with Gasteiger partial charge in [0, 0.05) is 12.3 Å². The van der Waals surface area contributed by atoms with Crippen molar-refractivity contribution in [3.05, 3.63) is 12.2 Å². The maximum atomic E-state index is 11.4. The summed E-state index contributed by atoms with van der Waals surface area (Å²) in [5.41, 5.74) is 0. The summed E-state index contributed by atoms with van der Waals surface area (Å²) in [6.07, 6.45) is 7.33. The van der Waals surface area contributed by atoms with Gasteiger partial charge in [-0.15, -0.1) is 0 Å². The van der Waals surface area contributed by atoms with Gasteiger partial charge < -0.3 is 0 Å². The van der Waals surface area contributed by atoms with Crippen molar-refractivity contribution in [2.75, 3.05) is 0 Å². The Balaban J connectivity index is 2.21. The van der Waals surface area contributed by atoms with Crippen LogP contribution in [-0.4, -0.2) is 11.8 Å². The third-order valence-corrected chi connectivity index (χ3v) is 2.76. The average Bonchev–Trinajstić information content (AvgIpc) is 2.35. The summed E-state index contributed by atoms with van der Waals surface area (Å²) in [5, 5.41) is 2.43. The summed E-state index contributed by atoms with van der Waals surface area (Å²) in [5.74, 6) is 0.130. The number of rotatable bonds is 0. The summed E-state index contributed by atoms with van der Waals surface area (Å²) >= 11 is 0. The van der Waals surface area contributed by atoms with Crippen LogP contribution in [0.3, 0.4) is 0 Å². The van der Waals surface area contributed by atoms with Crippen LogP contribution >= 0.6 is 0 Å². The fraction of sp³-hybridized carbons (Fsp3) is 0.600. The third kappa shape index (κ3) is 1.79. The topological polar surface area (TPSA) is 46.2 Å². The second kappa shape index (κ2) is 3.32. The van der Waals surface area contributed by atoms with Gasteiger partial charge >= 0.3 is 0 Å². The standard InChI is InChI=1S/C10H13NO2/c12-9-6-7-3-1-2-4-8(5-7)10(13)11-9/h1,3,7-8H,2,4-6H2,(H,11,12,13). The smallest absolute Gasteiger partial charge is 0.229 e. The monoisotopic (exact) mass is 179 g/mol. The van der Waals surface area contributed by atoms with Crippen LogP contribution in [-0.2, 0) is 9.59 Å². The first-order valence-electron chi connectivity index (χ1n) is 4.76. The van der Waals surface area contributed by atoms with Crippen LogP contribution in [0.1, 0.15) is 25.7 Å². The summed E-state index contributed by atoms with van der Waals surface area (Å²) in [6.45, 7) is 0. The molecule has 1 saturated heterocycles. The van der Waals surface area contributed by atoms with Crippen LogP contribution in [0.15, 0.2) is 12.2 Å². The predicted molar refractivity (Wildman–Crippen MR) is 47.7 cm³/mol. The Labute approximate surface area is 77.2 Å². The molecule has 2 amide bonds. The minimum absolute atomic E-state index is 0.0476. The number of hydrogen-bond acceptors (Lipinski definition) is 2. The number of allylic oxidation sites excluding steroid dienone is 2. The van der Waals surface area contributed by atoms with Crippen LogP contribution in [0.2, 0.25) is 0 Å². The molecular weight excluding hydrogens is 166 g/mol. The number of imide groups is 1. The molecule has 0 radical (unpaired) electrons. The van der Waals surface area contributed by atoms with E-state index in [0.717, 1.165) is 19.3 Å². The summed E-state index contributed by atoms with van der Waals surface area (Å²) in [6, 6.07) is 0. The molecule has 3 nitrogen and oxygen atoms in total. The zero-order valence-electron chi connectivity index (χ0n) is 7.45. The Hall–Kier alpha value is -1.12. The Bertz CT molecular complexity index is 270. The van der Waals surface area contributed by atoms with Gasteiger partial charge in [-0.1, -0.05) is 12.2 Å². The first-order chi connectivity index (χ1) is 6.25. The minimum atomic E-state index is -0.121. The highest BCUT2D eigenvalue weighted by Gasteiger charge is 2.29. The molecule has 0 saturated carbocycles. The van der Waals surface area contributed by atoms with Gasteiger partial charge in [-0.3, -0.25) is 14.9 Å². The molecule has 0 aromatic heterocycles. The van der Waals surface area contributed by atoms with Crippen molar-refractivity contribution in [2.24, 2.45) is 11.8 Å². The molecule has 13 heavy (non-hydrogen) atoms. The molecule has 2 aliphatic rings. The fourth-order valence-electron chi connectivity index (χ4n) is 2.07. The lowest BCUT2D eigenvalue weighted by Crippen LogP contribution is -2.32. The summed E-state index contributed by atoms with van der Waals surface area (Å²) < 4.78 is 0. The number of carbonyl (C=O) groups is 2. The van der Waals surface area contributed by atoms with Crippen molar-refractivity contribution in [2.45, 2.75) is 25.7 Å². The number of fused-ring (bicyclic) bond motifs is 2. The average molecular weight is 179 g/mol. The molecule has 1 fully saturated rings. The zero-order valence-corrected chi connectivity index (χ0v) is 7.45. The second-order valence-electron chi connectivity index (χ2n) is 3.81. The van der Waals surface area contributed by atoms with E-state index in [0.29, 0.717) is 6.42 Å². The second-order valence-corrected chi connectivity index (χ2v) is 3.81. The summed E-state index contributed by atoms with van der Waals surface area (Å²) in [7, 11) is 0. The zero-order chi connectivity index (χ0) is 9.26. The lowest BCUT2D eigenvalue weighted by atomic mass is 9.93. The Morgan fingerprint density at radius 3 is 3.08 bits per heavy atom. The van der Waals surface area contributed by atoms with E-state index in [1.165, 1.54) is 0 Å². The molecular formula is C10H13NO2. The highest BCUT2D eigenvalue weighted by Crippen LogP contribution is 2.27. The van der Waals surface area contributed by atoms with E-state index >= 15 is 0 Å². The van der Waals surface area contributed by atoms with Crippen LogP contribution in [0.25, 0.3) is 0 Å². The van der Waals surface area contributed by atoms with Crippen molar-refractivity contribution in [1.29, 1.82) is 0 Å². The van der Waals surface area contributed by atoms with E-state index in [1.54, 1.807) is 0 Å². The quantitative estimate of drug-likeness (QED) is 0.445. The molecule has 2 unspecified atom stereocenters. The Kier molecular flexibility index (Phi) is 2.17. The van der Waals surface area contributed by atoms with Gasteiger partial charge in [-0.25, -0.2) is 0 Å². The van der Waals surface area contributed by atoms with Gasteiger partial charge in [0.1, 0.15) is 0 Å². The first kappa shape index (κ1) is 8.48. The lowest BCUT2D eigenvalue weighted by Gasteiger charge is -2.10. The molecule has 2 rings (SSSR count). The highest BCUT2D eigenvalue weighted by molar-refractivity contribution is 5.97. The molecule has 3 heteroatoms. The molecule has 0 spiro atoms. The molecule has 1 aliphatic heterocycles. The first-order valence-corrected chi connectivity index (χ1v) is 4.76. The van der Waals surface area contributed by atoms with E-state index in [9.17, 15) is 9.59 Å². The van der Waals surface area contributed by atoms with Gasteiger partial charge in [0.05, 0.1) is 0 Å². The molecule has 1 aliphatic carbocycles. The van der Waals surface area contributed by atoms with Gasteiger partial charge in [0.15, 0.2) is 0 Å². The Morgan fingerprint density at radius 2 is 2.23 bits per heavy atom. The molecule has 70 valence electrons. The van der Waals surface area contributed by atoms with Crippen molar-refractivity contribution in [3.8, 4) is 0 Å². The van der Waals surface area contributed by atoms with Gasteiger partial charge in [-0.05, 0) is 25.2 Å². The van der Waals surface area contributed by atoms with Crippen molar-refractivity contribution in [3.63, 3.8) is 0 Å². The van der Waals surface area contributed by atoms with E-state index in [2.05, 4.69) is 17.5 Å². The van der Waals surface area contributed by atoms with Gasteiger partial charge in [-0.2, -0.15) is 0 Å². The summed E-state index contributed by atoms with van der Waals surface area (Å²) in [4.78, 5) is 22.6. The van der Waals surface area contributed by atoms with E-state index in [1.807, 2.05) is 0 Å². The molecule has 1 N–H and O–H groups in total. The predicted octanol–water partition coefficient (Wildman–Crippen LogP) is 1.01. The largest absolute Gasteiger partial charge is 0.296 e. The third-order valence-electron chi connectivity index (χ3n) is 2.76. The molecule has 1 heterocycles. The lowest BCUT2D eigenvalue weighted by molar-refractivity contribution is -0.131. The Morgan fingerprint density at radius 1 is 1.38 bits per heavy atom. The maximum absolute atomic E-state index is 11.4. The van der Waals surface area contributed by atoms with Crippen molar-refractivity contribution in [1.82, 2.24) is 5.32 Å². The van der Waals surface area contributed by atoms with Crippen LogP contribution in [0.4, 0.5) is 0 Å². The molecule has 2 bridgehead atoms.